The predicted molar refractivity (Wildman–Crippen MR) is 75.7 cm³/mol. The number of carbonyl (C=O) groups is 2. The van der Waals surface area contributed by atoms with Gasteiger partial charge in [-0.05, 0) is 37.1 Å². The van der Waals surface area contributed by atoms with Crippen LogP contribution in [0.4, 0.5) is 0 Å². The van der Waals surface area contributed by atoms with Crippen molar-refractivity contribution in [2.45, 2.75) is 32.9 Å². The van der Waals surface area contributed by atoms with Gasteiger partial charge in [0.05, 0.1) is 11.6 Å². The highest BCUT2D eigenvalue weighted by atomic mass is 16.5. The zero-order chi connectivity index (χ0) is 16.0. The van der Waals surface area contributed by atoms with Crippen molar-refractivity contribution < 1.29 is 19.4 Å². The lowest BCUT2D eigenvalue weighted by Gasteiger charge is -2.21. The van der Waals surface area contributed by atoms with Gasteiger partial charge in [0.2, 0.25) is 0 Å². The molecule has 1 amide bonds. The van der Waals surface area contributed by atoms with Crippen LogP contribution in [0.5, 0.6) is 5.75 Å². The Bertz CT molecular complexity index is 546. The first-order valence-electron chi connectivity index (χ1n) is 6.55. The van der Waals surface area contributed by atoms with E-state index >= 15 is 0 Å². The van der Waals surface area contributed by atoms with Gasteiger partial charge in [-0.25, -0.2) is 4.79 Å². The molecule has 0 heterocycles. The predicted octanol–water partition coefficient (Wildman–Crippen LogP) is 1.55. The van der Waals surface area contributed by atoms with Crippen LogP contribution < -0.4 is 10.1 Å². The average molecular weight is 290 g/mol. The fourth-order valence-electron chi connectivity index (χ4n) is 1.65. The Labute approximate surface area is 123 Å². The summed E-state index contributed by atoms with van der Waals surface area (Å²) in [5.74, 6) is -1.37. The van der Waals surface area contributed by atoms with Crippen molar-refractivity contribution >= 4 is 11.9 Å². The van der Waals surface area contributed by atoms with Gasteiger partial charge < -0.3 is 15.2 Å². The number of carbonyl (C=O) groups excluding carboxylic acids is 1. The van der Waals surface area contributed by atoms with Crippen molar-refractivity contribution in [3.05, 3.63) is 29.8 Å². The van der Waals surface area contributed by atoms with Crippen molar-refractivity contribution in [2.75, 3.05) is 0 Å². The van der Waals surface area contributed by atoms with Gasteiger partial charge in [-0.2, -0.15) is 5.26 Å². The number of carboxylic acids is 1. The molecule has 0 aliphatic heterocycles. The van der Waals surface area contributed by atoms with Crippen molar-refractivity contribution in [3.63, 3.8) is 0 Å². The summed E-state index contributed by atoms with van der Waals surface area (Å²) in [6.07, 6.45) is -0.835. The van der Waals surface area contributed by atoms with Crippen LogP contribution in [0.15, 0.2) is 24.3 Å². The minimum atomic E-state index is -1.08. The Balaban J connectivity index is 2.65. The molecule has 0 radical (unpaired) electrons. The summed E-state index contributed by atoms with van der Waals surface area (Å²) >= 11 is 0. The molecule has 112 valence electrons. The Morgan fingerprint density at radius 1 is 1.24 bits per heavy atom. The van der Waals surface area contributed by atoms with Crippen LogP contribution in [-0.4, -0.2) is 29.1 Å². The van der Waals surface area contributed by atoms with Gasteiger partial charge in [-0.3, -0.25) is 4.79 Å². The topological polar surface area (TPSA) is 99.4 Å². The normalized spacial score (nSPS) is 13.1. The number of aliphatic carboxylic acids is 1. The van der Waals surface area contributed by atoms with E-state index in [1.807, 2.05) is 6.07 Å². The first-order chi connectivity index (χ1) is 9.85. The molecule has 21 heavy (non-hydrogen) atoms. The number of nitriles is 1. The van der Waals surface area contributed by atoms with E-state index in [0.717, 1.165) is 0 Å². The molecule has 2 N–H and O–H groups in total. The SMILES string of the molecule is CC(Oc1ccc(C#N)cc1)C(=O)N[C@@H](C(=O)O)C(C)C. The first kappa shape index (κ1) is 16.5. The molecule has 0 aliphatic carbocycles. The molecule has 1 aromatic carbocycles. The third kappa shape index (κ3) is 4.80. The van der Waals surface area contributed by atoms with E-state index in [2.05, 4.69) is 5.32 Å². The van der Waals surface area contributed by atoms with E-state index in [1.54, 1.807) is 38.1 Å². The fraction of sp³-hybridized carbons (Fsp3) is 0.400. The number of ether oxygens (including phenoxy) is 1. The molecule has 0 fully saturated rings. The van der Waals surface area contributed by atoms with Gasteiger partial charge >= 0.3 is 5.97 Å². The van der Waals surface area contributed by atoms with E-state index in [1.165, 1.54) is 6.92 Å². The number of benzene rings is 1. The molecule has 1 rings (SSSR count). The average Bonchev–Trinajstić information content (AvgIpc) is 2.44. The molecule has 6 nitrogen and oxygen atoms in total. The summed E-state index contributed by atoms with van der Waals surface area (Å²) in [5, 5.41) is 20.2. The van der Waals surface area contributed by atoms with Gasteiger partial charge in [0.25, 0.3) is 5.91 Å². The minimum Gasteiger partial charge on any atom is -0.481 e. The molecular weight excluding hydrogens is 272 g/mol. The highest BCUT2D eigenvalue weighted by molar-refractivity contribution is 5.86. The molecular formula is C15H18N2O4. The van der Waals surface area contributed by atoms with Crippen LogP contribution in [0.3, 0.4) is 0 Å². The van der Waals surface area contributed by atoms with Gasteiger partial charge in [-0.15, -0.1) is 0 Å². The van der Waals surface area contributed by atoms with E-state index in [-0.39, 0.29) is 5.92 Å². The second-order valence-corrected chi connectivity index (χ2v) is 4.96. The monoisotopic (exact) mass is 290 g/mol. The van der Waals surface area contributed by atoms with E-state index in [0.29, 0.717) is 11.3 Å². The lowest BCUT2D eigenvalue weighted by molar-refractivity contribution is -0.144. The maximum Gasteiger partial charge on any atom is 0.326 e. The third-order valence-electron chi connectivity index (χ3n) is 2.90. The van der Waals surface area contributed by atoms with Gasteiger partial charge in [-0.1, -0.05) is 13.8 Å². The largest absolute Gasteiger partial charge is 0.481 e. The summed E-state index contributed by atoms with van der Waals surface area (Å²) in [5.41, 5.74) is 0.491. The first-order valence-corrected chi connectivity index (χ1v) is 6.55. The van der Waals surface area contributed by atoms with Crippen molar-refractivity contribution in [2.24, 2.45) is 5.92 Å². The zero-order valence-corrected chi connectivity index (χ0v) is 12.2. The molecule has 0 aromatic heterocycles. The highest BCUT2D eigenvalue weighted by Crippen LogP contribution is 2.13. The number of nitrogens with zero attached hydrogens (tertiary/aromatic N) is 1. The van der Waals surface area contributed by atoms with Crippen LogP contribution in [0, 0.1) is 17.2 Å². The second-order valence-electron chi connectivity index (χ2n) is 4.96. The van der Waals surface area contributed by atoms with Crippen LogP contribution in [0.1, 0.15) is 26.3 Å². The van der Waals surface area contributed by atoms with Crippen LogP contribution in [-0.2, 0) is 9.59 Å². The number of hydrogen-bond donors (Lipinski definition) is 2. The molecule has 0 bridgehead atoms. The molecule has 0 spiro atoms. The van der Waals surface area contributed by atoms with Crippen molar-refractivity contribution in [1.29, 1.82) is 5.26 Å². The number of hydrogen-bond acceptors (Lipinski definition) is 4. The maximum atomic E-state index is 11.9. The quantitative estimate of drug-likeness (QED) is 0.828. The van der Waals surface area contributed by atoms with E-state index in [4.69, 9.17) is 15.1 Å². The number of carboxylic acid groups (broad SMARTS) is 1. The van der Waals surface area contributed by atoms with E-state index < -0.39 is 24.0 Å². The van der Waals surface area contributed by atoms with Gasteiger partial charge in [0, 0.05) is 0 Å². The summed E-state index contributed by atoms with van der Waals surface area (Å²) in [6, 6.07) is 7.35. The fourth-order valence-corrected chi connectivity index (χ4v) is 1.65. The Morgan fingerprint density at radius 2 is 1.81 bits per heavy atom. The molecule has 0 saturated heterocycles. The van der Waals surface area contributed by atoms with Crippen LogP contribution in [0.25, 0.3) is 0 Å². The molecule has 0 aliphatic rings. The third-order valence-corrected chi connectivity index (χ3v) is 2.90. The Morgan fingerprint density at radius 3 is 2.24 bits per heavy atom. The molecule has 6 heteroatoms. The van der Waals surface area contributed by atoms with Gasteiger partial charge in [0.1, 0.15) is 11.8 Å². The summed E-state index contributed by atoms with van der Waals surface area (Å²) < 4.78 is 5.42. The van der Waals surface area contributed by atoms with Crippen LogP contribution in [0.2, 0.25) is 0 Å². The molecule has 1 unspecified atom stereocenters. The zero-order valence-electron chi connectivity index (χ0n) is 12.2. The Hall–Kier alpha value is -2.55. The summed E-state index contributed by atoms with van der Waals surface area (Å²) in [7, 11) is 0. The van der Waals surface area contributed by atoms with Gasteiger partial charge in [0.15, 0.2) is 6.10 Å². The molecule has 2 atom stereocenters. The lowest BCUT2D eigenvalue weighted by atomic mass is 10.0. The van der Waals surface area contributed by atoms with Crippen molar-refractivity contribution in [1.82, 2.24) is 5.32 Å². The number of rotatable bonds is 6. The smallest absolute Gasteiger partial charge is 0.326 e. The highest BCUT2D eigenvalue weighted by Gasteiger charge is 2.26. The second kappa shape index (κ2) is 7.29. The Kier molecular flexibility index (Phi) is 5.73. The van der Waals surface area contributed by atoms with E-state index in [9.17, 15) is 9.59 Å². The number of amides is 1. The molecule has 0 saturated carbocycles. The summed E-state index contributed by atoms with van der Waals surface area (Å²) in [6.45, 7) is 4.96. The van der Waals surface area contributed by atoms with Crippen molar-refractivity contribution in [3.8, 4) is 11.8 Å². The number of nitrogens with one attached hydrogen (secondary N) is 1. The summed E-state index contributed by atoms with van der Waals surface area (Å²) in [4.78, 5) is 23.0. The molecule has 1 aromatic rings. The standard InChI is InChI=1S/C15H18N2O4/c1-9(2)13(15(19)20)17-14(18)10(3)21-12-6-4-11(8-16)5-7-12/h4-7,9-10,13H,1-3H3,(H,17,18)(H,19,20)/t10?,13-/m1/s1. The lowest BCUT2D eigenvalue weighted by Crippen LogP contribution is -2.48. The minimum absolute atomic E-state index is 0.228. The van der Waals surface area contributed by atoms with Crippen LogP contribution >= 0.6 is 0 Å². The maximum absolute atomic E-state index is 11.9.